The monoisotopic (exact) mass is 396 g/mol. The molecule has 0 aliphatic heterocycles. The number of aromatic amines is 1. The summed E-state index contributed by atoms with van der Waals surface area (Å²) >= 11 is 0. The number of rotatable bonds is 8. The maximum Gasteiger partial charge on any atom is 0.107 e. The molecule has 0 atom stereocenters. The van der Waals surface area contributed by atoms with E-state index in [2.05, 4.69) is 75.1 Å². The van der Waals surface area contributed by atoms with Gasteiger partial charge in [-0.1, -0.05) is 68.8 Å². The fourth-order valence-corrected chi connectivity index (χ4v) is 9.17. The second kappa shape index (κ2) is 9.45. The van der Waals surface area contributed by atoms with Crippen molar-refractivity contribution >= 4 is 24.3 Å². The molecule has 1 aromatic carbocycles. The number of allylic oxidation sites excluding steroid dienone is 2. The van der Waals surface area contributed by atoms with Gasteiger partial charge in [0, 0.05) is 22.3 Å². The minimum absolute atomic E-state index is 0.780. The summed E-state index contributed by atoms with van der Waals surface area (Å²) in [5, 5.41) is 3.12. The Bertz CT molecular complexity index is 780. The Kier molecular flexibility index (Phi) is 7.22. The maximum absolute atomic E-state index is 3.90. The first-order valence-corrected chi connectivity index (χ1v) is 14.1. The summed E-state index contributed by atoms with van der Waals surface area (Å²) in [4.78, 5) is 6.30. The van der Waals surface area contributed by atoms with Crippen molar-refractivity contribution < 1.29 is 0 Å². The third-order valence-electron chi connectivity index (χ3n) is 7.53. The molecule has 1 saturated carbocycles. The number of fused-ring (bicyclic) bond motifs is 1. The van der Waals surface area contributed by atoms with Crippen LogP contribution in [0.15, 0.2) is 35.9 Å². The van der Waals surface area contributed by atoms with Crippen molar-refractivity contribution in [2.24, 2.45) is 0 Å². The number of nitrogens with one attached hydrogen (secondary N) is 1. The van der Waals surface area contributed by atoms with E-state index >= 15 is 0 Å². The average Bonchev–Trinajstić information content (AvgIpc) is 3.09. The van der Waals surface area contributed by atoms with Crippen molar-refractivity contribution in [3.05, 3.63) is 41.5 Å². The van der Waals surface area contributed by atoms with Gasteiger partial charge >= 0.3 is 0 Å². The Morgan fingerprint density at radius 1 is 1.04 bits per heavy atom. The minimum atomic E-state index is -1.41. The lowest BCUT2D eigenvalue weighted by Gasteiger charge is -2.29. The number of aryl methyl sites for hydroxylation is 1. The fourth-order valence-electron chi connectivity index (χ4n) is 5.31. The van der Waals surface area contributed by atoms with Gasteiger partial charge in [0.05, 0.1) is 0 Å². The highest BCUT2D eigenvalue weighted by molar-refractivity contribution is 6.91. The van der Waals surface area contributed by atoms with Crippen molar-refractivity contribution in [2.75, 3.05) is 14.1 Å². The van der Waals surface area contributed by atoms with Crippen molar-refractivity contribution in [1.82, 2.24) is 9.88 Å². The average molecular weight is 397 g/mol. The molecule has 0 radical (unpaired) electrons. The number of para-hydroxylation sites is 1. The standard InChI is InChI=1S/C25H40N2Si/c1-6-28(7-2,8-3)25-23(22-13-9-10-15-24(22)26-25)14-11-12-20-16-18-21(19-17-20)27(4)5/h9-10,12-13,15,21,26H,6-8,11,14,16-19H2,1-5H3. The molecule has 2 aromatic rings. The molecule has 1 aromatic heterocycles. The van der Waals surface area contributed by atoms with E-state index in [1.165, 1.54) is 67.6 Å². The minimum Gasteiger partial charge on any atom is -0.362 e. The summed E-state index contributed by atoms with van der Waals surface area (Å²) in [6.07, 6.45) is 10.2. The molecule has 0 bridgehead atoms. The second-order valence-corrected chi connectivity index (χ2v) is 14.1. The first-order valence-electron chi connectivity index (χ1n) is 11.5. The summed E-state index contributed by atoms with van der Waals surface area (Å²) in [5.41, 5.74) is 4.68. The summed E-state index contributed by atoms with van der Waals surface area (Å²) in [6.45, 7) is 7.25. The normalized spacial score (nSPS) is 18.2. The topological polar surface area (TPSA) is 19.0 Å². The second-order valence-electron chi connectivity index (χ2n) is 8.96. The molecule has 1 heterocycles. The van der Waals surface area contributed by atoms with Crippen LogP contribution in [0, 0.1) is 0 Å². The molecule has 1 aliphatic rings. The van der Waals surface area contributed by atoms with E-state index in [1.54, 1.807) is 16.5 Å². The lowest BCUT2D eigenvalue weighted by molar-refractivity contribution is 0.248. The molecule has 0 amide bonds. The molecule has 3 heteroatoms. The zero-order chi connectivity index (χ0) is 20.1. The van der Waals surface area contributed by atoms with Crippen LogP contribution in [0.3, 0.4) is 0 Å². The zero-order valence-electron chi connectivity index (χ0n) is 18.8. The summed E-state index contributed by atoms with van der Waals surface area (Å²) in [5.74, 6) is 0. The highest BCUT2D eigenvalue weighted by Gasteiger charge is 2.33. The third-order valence-corrected chi connectivity index (χ3v) is 13.1. The first kappa shape index (κ1) is 21.4. The van der Waals surface area contributed by atoms with Crippen molar-refractivity contribution in [1.29, 1.82) is 0 Å². The van der Waals surface area contributed by atoms with Gasteiger partial charge in [-0.25, -0.2) is 0 Å². The summed E-state index contributed by atoms with van der Waals surface area (Å²) in [6, 6.07) is 13.8. The van der Waals surface area contributed by atoms with Gasteiger partial charge < -0.3 is 9.88 Å². The lowest BCUT2D eigenvalue weighted by atomic mass is 9.89. The van der Waals surface area contributed by atoms with Crippen LogP contribution in [0.5, 0.6) is 0 Å². The molecule has 1 aliphatic carbocycles. The van der Waals surface area contributed by atoms with E-state index in [0.717, 1.165) is 6.04 Å². The molecule has 1 N–H and O–H groups in total. The fraction of sp³-hybridized carbons (Fsp3) is 0.600. The molecule has 0 saturated heterocycles. The number of hydrogen-bond acceptors (Lipinski definition) is 1. The summed E-state index contributed by atoms with van der Waals surface area (Å²) in [7, 11) is 3.04. The molecule has 154 valence electrons. The molecule has 0 spiro atoms. The van der Waals surface area contributed by atoms with Crippen LogP contribution >= 0.6 is 0 Å². The Morgan fingerprint density at radius 2 is 1.68 bits per heavy atom. The van der Waals surface area contributed by atoms with Gasteiger partial charge in [0.1, 0.15) is 8.07 Å². The number of H-pyrrole nitrogens is 1. The Hall–Kier alpha value is -1.32. The largest absolute Gasteiger partial charge is 0.362 e. The van der Waals surface area contributed by atoms with Gasteiger partial charge in [-0.2, -0.15) is 0 Å². The predicted octanol–water partition coefficient (Wildman–Crippen LogP) is 6.25. The van der Waals surface area contributed by atoms with E-state index in [9.17, 15) is 0 Å². The highest BCUT2D eigenvalue weighted by atomic mass is 28.3. The van der Waals surface area contributed by atoms with E-state index in [1.807, 2.05) is 0 Å². The van der Waals surface area contributed by atoms with Gasteiger partial charge in [0.2, 0.25) is 0 Å². The van der Waals surface area contributed by atoms with Gasteiger partial charge in [-0.15, -0.1) is 0 Å². The van der Waals surface area contributed by atoms with Gasteiger partial charge in [0.25, 0.3) is 0 Å². The van der Waals surface area contributed by atoms with E-state index in [4.69, 9.17) is 0 Å². The number of nitrogens with zero attached hydrogens (tertiary/aromatic N) is 1. The molecule has 0 unspecified atom stereocenters. The molecule has 2 nitrogen and oxygen atoms in total. The lowest BCUT2D eigenvalue weighted by Crippen LogP contribution is -2.48. The Morgan fingerprint density at radius 3 is 2.29 bits per heavy atom. The van der Waals surface area contributed by atoms with Crippen LogP contribution < -0.4 is 5.32 Å². The van der Waals surface area contributed by atoms with E-state index in [0.29, 0.717) is 0 Å². The van der Waals surface area contributed by atoms with Crippen LogP contribution in [-0.4, -0.2) is 38.1 Å². The quantitative estimate of drug-likeness (QED) is 0.413. The van der Waals surface area contributed by atoms with Crippen LogP contribution in [0.1, 0.15) is 58.4 Å². The molecular weight excluding hydrogens is 356 g/mol. The number of benzene rings is 1. The predicted molar refractivity (Wildman–Crippen MR) is 127 cm³/mol. The molecule has 1 fully saturated rings. The van der Waals surface area contributed by atoms with Crippen LogP contribution in [-0.2, 0) is 6.42 Å². The summed E-state index contributed by atoms with van der Waals surface area (Å²) < 4.78 is 0. The van der Waals surface area contributed by atoms with Crippen LogP contribution in [0.25, 0.3) is 10.9 Å². The van der Waals surface area contributed by atoms with Gasteiger partial charge in [0.15, 0.2) is 0 Å². The molecular formula is C25H40N2Si. The Balaban J connectivity index is 1.81. The Labute approximate surface area is 173 Å². The smallest absolute Gasteiger partial charge is 0.107 e. The third kappa shape index (κ3) is 4.31. The van der Waals surface area contributed by atoms with Gasteiger partial charge in [-0.3, -0.25) is 0 Å². The van der Waals surface area contributed by atoms with Gasteiger partial charge in [-0.05, 0) is 64.3 Å². The maximum atomic E-state index is 3.90. The van der Waals surface area contributed by atoms with Crippen LogP contribution in [0.2, 0.25) is 18.1 Å². The number of aromatic nitrogens is 1. The number of hydrogen-bond donors (Lipinski definition) is 1. The van der Waals surface area contributed by atoms with Crippen molar-refractivity contribution in [3.63, 3.8) is 0 Å². The molecule has 3 rings (SSSR count). The van der Waals surface area contributed by atoms with Crippen molar-refractivity contribution in [3.8, 4) is 0 Å². The highest BCUT2D eigenvalue weighted by Crippen LogP contribution is 2.29. The van der Waals surface area contributed by atoms with Crippen LogP contribution in [0.4, 0.5) is 0 Å². The zero-order valence-corrected chi connectivity index (χ0v) is 19.8. The van der Waals surface area contributed by atoms with Crippen molar-refractivity contribution in [2.45, 2.75) is 83.5 Å². The molecule has 28 heavy (non-hydrogen) atoms. The van der Waals surface area contributed by atoms with E-state index in [-0.39, 0.29) is 0 Å². The SMILES string of the molecule is CC[Si](CC)(CC)c1[nH]c2ccccc2c1CCC=C1CCC(N(C)C)CC1. The first-order chi connectivity index (χ1) is 13.5. The van der Waals surface area contributed by atoms with E-state index < -0.39 is 8.07 Å².